The van der Waals surface area contributed by atoms with E-state index in [0.717, 1.165) is 42.7 Å². The van der Waals surface area contributed by atoms with Crippen LogP contribution in [0.3, 0.4) is 0 Å². The average Bonchev–Trinajstić information content (AvgIpc) is 3.12. The molecule has 0 spiro atoms. The first-order valence-corrected chi connectivity index (χ1v) is 16.5. The number of hydrogen-bond donors (Lipinski definition) is 0. The smallest absolute Gasteiger partial charge is 0.0448 e. The van der Waals surface area contributed by atoms with Crippen LogP contribution in [0.4, 0.5) is 0 Å². The van der Waals surface area contributed by atoms with Crippen molar-refractivity contribution in [2.24, 2.45) is 10.9 Å². The molecule has 47 heavy (non-hydrogen) atoms. The Labute approximate surface area is 288 Å². The van der Waals surface area contributed by atoms with E-state index in [1.54, 1.807) is 0 Å². The molecule has 0 saturated carbocycles. The lowest BCUT2D eigenvalue weighted by atomic mass is 9.96. The Bertz CT molecular complexity index is 1460. The van der Waals surface area contributed by atoms with Gasteiger partial charge in [0.15, 0.2) is 0 Å². The van der Waals surface area contributed by atoms with Gasteiger partial charge in [0.05, 0.1) is 0 Å². The normalized spacial score (nSPS) is 12.2. The first-order valence-electron chi connectivity index (χ1n) is 16.5. The van der Waals surface area contributed by atoms with Crippen LogP contribution < -0.4 is 0 Å². The van der Waals surface area contributed by atoms with Gasteiger partial charge in [0.2, 0.25) is 0 Å². The molecule has 0 aliphatic carbocycles. The van der Waals surface area contributed by atoms with Gasteiger partial charge in [-0.15, -0.1) is 26.3 Å². The van der Waals surface area contributed by atoms with Gasteiger partial charge in [0.1, 0.15) is 0 Å². The molecule has 0 heterocycles. The zero-order valence-electron chi connectivity index (χ0n) is 30.1. The second-order valence-corrected chi connectivity index (χ2v) is 11.0. The third-order valence-electron chi connectivity index (χ3n) is 7.48. The van der Waals surface area contributed by atoms with Crippen LogP contribution in [0.1, 0.15) is 82.6 Å². The van der Waals surface area contributed by atoms with Crippen LogP contribution in [-0.2, 0) is 0 Å². The Morgan fingerprint density at radius 1 is 0.766 bits per heavy atom. The number of aryl methyl sites for hydroxylation is 1. The standard InChI is InChI=1S/C27H37N.C15H14.2C2H4/c1-7-15-25(17-13-12-16-23(5)22(3)4)18-14-21-27(8-2)28-24(6)26-19-10-9-11-20-26;1-12-8-6-7-11-15(12)13(2)14-9-4-3-5-10-14;2*1-2/h7-13,15,17,19-20,23H,3,14,16,18,21H2,1-2,4-6H3;3-11H,2H2,1H3;2*1-2H2/b13-12+,15-7-,25-17+,27-8-,28-24?;;;. The van der Waals surface area contributed by atoms with E-state index in [4.69, 9.17) is 4.99 Å². The molecule has 0 fully saturated rings. The zero-order valence-corrected chi connectivity index (χ0v) is 30.1. The number of rotatable bonds is 13. The molecular formula is C46H59N. The van der Waals surface area contributed by atoms with Crippen LogP contribution in [0.15, 0.2) is 183 Å². The lowest BCUT2D eigenvalue weighted by Crippen LogP contribution is -1.95. The van der Waals surface area contributed by atoms with E-state index in [2.05, 4.69) is 178 Å². The van der Waals surface area contributed by atoms with E-state index >= 15 is 0 Å². The SMILES string of the molecule is C=C.C=C.C=C(C)C(C)C/C=C/C=C(\C=C/C)CCC/C(=C/C)N=C(C)c1ccccc1.C=C(c1ccccc1)c1ccccc1C. The van der Waals surface area contributed by atoms with E-state index in [-0.39, 0.29) is 0 Å². The molecule has 3 rings (SSSR count). The zero-order chi connectivity index (χ0) is 35.5. The van der Waals surface area contributed by atoms with E-state index < -0.39 is 0 Å². The van der Waals surface area contributed by atoms with Crippen LogP contribution in [0.5, 0.6) is 0 Å². The summed E-state index contributed by atoms with van der Waals surface area (Å²) in [5.41, 5.74) is 10.8. The maximum Gasteiger partial charge on any atom is 0.0448 e. The monoisotopic (exact) mass is 625 g/mol. The second-order valence-electron chi connectivity index (χ2n) is 11.0. The third kappa shape index (κ3) is 17.5. The Balaban J connectivity index is 0.000000928. The molecule has 0 radical (unpaired) electrons. The van der Waals surface area contributed by atoms with Crippen LogP contribution in [0, 0.1) is 12.8 Å². The fourth-order valence-electron chi connectivity index (χ4n) is 4.52. The van der Waals surface area contributed by atoms with Gasteiger partial charge in [0, 0.05) is 11.4 Å². The van der Waals surface area contributed by atoms with Crippen LogP contribution in [0.25, 0.3) is 5.57 Å². The van der Waals surface area contributed by atoms with Crippen molar-refractivity contribution in [3.05, 3.63) is 200 Å². The van der Waals surface area contributed by atoms with Crippen molar-refractivity contribution in [1.29, 1.82) is 0 Å². The first-order chi connectivity index (χ1) is 22.8. The molecule has 0 amide bonds. The number of benzene rings is 3. The molecule has 1 heteroatoms. The molecule has 0 aliphatic heterocycles. The van der Waals surface area contributed by atoms with Gasteiger partial charge in [-0.1, -0.05) is 147 Å². The Morgan fingerprint density at radius 3 is 1.85 bits per heavy atom. The summed E-state index contributed by atoms with van der Waals surface area (Å²) in [6.45, 7) is 32.9. The highest BCUT2D eigenvalue weighted by Gasteiger charge is 2.04. The highest BCUT2D eigenvalue weighted by Crippen LogP contribution is 2.23. The summed E-state index contributed by atoms with van der Waals surface area (Å²) in [7, 11) is 0. The van der Waals surface area contributed by atoms with Crippen molar-refractivity contribution in [2.75, 3.05) is 0 Å². The predicted molar refractivity (Wildman–Crippen MR) is 215 cm³/mol. The first kappa shape index (κ1) is 42.2. The Hall–Kier alpha value is -4.75. The fraction of sp³-hybridized carbons (Fsp3) is 0.239. The van der Waals surface area contributed by atoms with Gasteiger partial charge in [-0.05, 0) is 99.6 Å². The van der Waals surface area contributed by atoms with Crippen molar-refractivity contribution in [1.82, 2.24) is 0 Å². The number of nitrogens with zero attached hydrogens (tertiary/aromatic N) is 1. The quantitative estimate of drug-likeness (QED) is 0.102. The van der Waals surface area contributed by atoms with Gasteiger partial charge in [0.25, 0.3) is 0 Å². The van der Waals surface area contributed by atoms with Crippen LogP contribution in [-0.4, -0.2) is 5.71 Å². The number of hydrogen-bond acceptors (Lipinski definition) is 1. The predicted octanol–water partition coefficient (Wildman–Crippen LogP) is 13.9. The molecule has 0 aromatic heterocycles. The lowest BCUT2D eigenvalue weighted by Gasteiger charge is -2.08. The van der Waals surface area contributed by atoms with Gasteiger partial charge in [-0.25, -0.2) is 0 Å². The van der Waals surface area contributed by atoms with Crippen molar-refractivity contribution in [3.8, 4) is 0 Å². The Morgan fingerprint density at radius 2 is 1.32 bits per heavy atom. The minimum Gasteiger partial charge on any atom is -0.258 e. The molecule has 0 bridgehead atoms. The summed E-state index contributed by atoms with van der Waals surface area (Å²) in [5.74, 6) is 0.540. The summed E-state index contributed by atoms with van der Waals surface area (Å²) in [4.78, 5) is 4.84. The van der Waals surface area contributed by atoms with Crippen LogP contribution >= 0.6 is 0 Å². The molecule has 1 unspecified atom stereocenters. The third-order valence-corrected chi connectivity index (χ3v) is 7.48. The van der Waals surface area contributed by atoms with Gasteiger partial charge < -0.3 is 0 Å². The molecule has 248 valence electrons. The number of aliphatic imine (C=N–C) groups is 1. The molecule has 1 nitrogen and oxygen atoms in total. The molecule has 3 aromatic rings. The maximum absolute atomic E-state index is 4.84. The van der Waals surface area contributed by atoms with Gasteiger partial charge in [-0.2, -0.15) is 0 Å². The summed E-state index contributed by atoms with van der Waals surface area (Å²) >= 11 is 0. The summed E-state index contributed by atoms with van der Waals surface area (Å²) in [6, 6.07) is 29.0. The van der Waals surface area contributed by atoms with E-state index in [1.807, 2.05) is 24.3 Å². The van der Waals surface area contributed by atoms with Gasteiger partial charge in [-0.3, -0.25) is 4.99 Å². The molecule has 0 aliphatic rings. The lowest BCUT2D eigenvalue weighted by molar-refractivity contribution is 0.698. The average molecular weight is 626 g/mol. The molecule has 0 N–H and O–H groups in total. The minimum atomic E-state index is 0.540. The maximum atomic E-state index is 4.84. The van der Waals surface area contributed by atoms with E-state index in [0.29, 0.717) is 5.92 Å². The number of allylic oxidation sites excluding steroid dienone is 9. The summed E-state index contributed by atoms with van der Waals surface area (Å²) in [5, 5.41) is 0. The van der Waals surface area contributed by atoms with Crippen molar-refractivity contribution >= 4 is 11.3 Å². The minimum absolute atomic E-state index is 0.540. The molecule has 1 atom stereocenters. The Kier molecular flexibility index (Phi) is 23.8. The summed E-state index contributed by atoms with van der Waals surface area (Å²) < 4.78 is 0. The highest BCUT2D eigenvalue weighted by molar-refractivity contribution is 5.99. The van der Waals surface area contributed by atoms with Crippen LogP contribution in [0.2, 0.25) is 0 Å². The van der Waals surface area contributed by atoms with Crippen molar-refractivity contribution in [3.63, 3.8) is 0 Å². The topological polar surface area (TPSA) is 12.4 Å². The van der Waals surface area contributed by atoms with E-state index in [9.17, 15) is 0 Å². The fourth-order valence-corrected chi connectivity index (χ4v) is 4.52. The van der Waals surface area contributed by atoms with Crippen molar-refractivity contribution < 1.29 is 0 Å². The largest absolute Gasteiger partial charge is 0.258 e. The second kappa shape index (κ2) is 26.5. The molecule has 3 aromatic carbocycles. The molecule has 0 saturated heterocycles. The van der Waals surface area contributed by atoms with E-state index in [1.165, 1.54) is 33.4 Å². The molecular weight excluding hydrogens is 567 g/mol. The van der Waals surface area contributed by atoms with Crippen molar-refractivity contribution in [2.45, 2.75) is 67.2 Å². The van der Waals surface area contributed by atoms with Gasteiger partial charge >= 0.3 is 0 Å². The summed E-state index contributed by atoms with van der Waals surface area (Å²) in [6.07, 6.45) is 17.3. The highest BCUT2D eigenvalue weighted by atomic mass is 14.8.